The van der Waals surface area contributed by atoms with E-state index in [0.29, 0.717) is 6.04 Å². The molecule has 1 aromatic carbocycles. The van der Waals surface area contributed by atoms with Gasteiger partial charge in [-0.2, -0.15) is 0 Å². The number of nitrogens with one attached hydrogen (secondary N) is 1. The summed E-state index contributed by atoms with van der Waals surface area (Å²) in [5.41, 5.74) is 1.41. The highest BCUT2D eigenvalue weighted by Crippen LogP contribution is 2.20. The molecule has 84 valence electrons. The Labute approximate surface area is 107 Å². The van der Waals surface area contributed by atoms with E-state index < -0.39 is 0 Å². The third-order valence-electron chi connectivity index (χ3n) is 2.72. The van der Waals surface area contributed by atoms with Crippen LogP contribution in [0.3, 0.4) is 0 Å². The lowest BCUT2D eigenvalue weighted by molar-refractivity contribution is 0.512. The fourth-order valence-corrected chi connectivity index (χ4v) is 2.13. The van der Waals surface area contributed by atoms with Gasteiger partial charge in [-0.1, -0.05) is 38.3 Å². The summed E-state index contributed by atoms with van der Waals surface area (Å²) >= 11 is 2.35. The first-order valence-electron chi connectivity index (χ1n) is 5.70. The normalized spacial score (nSPS) is 12.7. The van der Waals surface area contributed by atoms with Crippen molar-refractivity contribution in [2.45, 2.75) is 38.6 Å². The van der Waals surface area contributed by atoms with E-state index in [1.165, 1.54) is 34.8 Å². The first-order chi connectivity index (χ1) is 7.27. The Morgan fingerprint density at radius 1 is 1.20 bits per heavy atom. The van der Waals surface area contributed by atoms with Crippen LogP contribution in [0.5, 0.6) is 0 Å². The highest BCUT2D eigenvalue weighted by molar-refractivity contribution is 14.1. The Kier molecular flexibility index (Phi) is 6.25. The molecule has 0 fully saturated rings. The van der Waals surface area contributed by atoms with Gasteiger partial charge in [0.05, 0.1) is 0 Å². The van der Waals surface area contributed by atoms with Crippen LogP contribution in [0.25, 0.3) is 0 Å². The second-order valence-electron chi connectivity index (χ2n) is 3.89. The summed E-state index contributed by atoms with van der Waals surface area (Å²) in [6.07, 6.45) is 5.19. The van der Waals surface area contributed by atoms with Crippen LogP contribution in [0, 0.1) is 3.57 Å². The summed E-state index contributed by atoms with van der Waals surface area (Å²) in [5, 5.41) is 3.39. The number of unbranched alkanes of at least 4 members (excludes halogenated alkanes) is 2. The van der Waals surface area contributed by atoms with E-state index in [1.54, 1.807) is 0 Å². The number of hydrogen-bond donors (Lipinski definition) is 1. The maximum Gasteiger partial charge on any atom is 0.0317 e. The molecule has 1 nitrogen and oxygen atoms in total. The summed E-state index contributed by atoms with van der Waals surface area (Å²) in [7, 11) is 2.05. The first-order valence-corrected chi connectivity index (χ1v) is 6.78. The molecule has 1 unspecified atom stereocenters. The minimum absolute atomic E-state index is 0.522. The van der Waals surface area contributed by atoms with Crippen molar-refractivity contribution in [1.82, 2.24) is 5.32 Å². The third-order valence-corrected chi connectivity index (χ3v) is 3.44. The molecule has 0 aliphatic rings. The van der Waals surface area contributed by atoms with Gasteiger partial charge in [0.15, 0.2) is 0 Å². The van der Waals surface area contributed by atoms with Gasteiger partial charge in [0.1, 0.15) is 0 Å². The van der Waals surface area contributed by atoms with E-state index in [4.69, 9.17) is 0 Å². The molecular formula is C13H20IN. The molecule has 0 spiro atoms. The Hall–Kier alpha value is -0.0900. The fraction of sp³-hybridized carbons (Fsp3) is 0.538. The Morgan fingerprint density at radius 3 is 2.40 bits per heavy atom. The zero-order chi connectivity index (χ0) is 11.1. The number of rotatable bonds is 6. The summed E-state index contributed by atoms with van der Waals surface area (Å²) in [5.74, 6) is 0. The quantitative estimate of drug-likeness (QED) is 0.614. The molecule has 0 radical (unpaired) electrons. The zero-order valence-electron chi connectivity index (χ0n) is 9.59. The monoisotopic (exact) mass is 317 g/mol. The van der Waals surface area contributed by atoms with Crippen LogP contribution in [-0.2, 0) is 0 Å². The number of benzene rings is 1. The van der Waals surface area contributed by atoms with Crippen molar-refractivity contribution >= 4 is 22.6 Å². The van der Waals surface area contributed by atoms with E-state index in [1.807, 2.05) is 0 Å². The van der Waals surface area contributed by atoms with E-state index in [2.05, 4.69) is 66.1 Å². The minimum Gasteiger partial charge on any atom is -0.313 e. The predicted molar refractivity (Wildman–Crippen MR) is 75.1 cm³/mol. The Balaban J connectivity index is 2.53. The second kappa shape index (κ2) is 7.23. The maximum atomic E-state index is 3.39. The molecule has 0 bridgehead atoms. The summed E-state index contributed by atoms with van der Waals surface area (Å²) in [6.45, 7) is 2.25. The standard InChI is InChI=1S/C13H20IN/c1-3-4-5-6-13(15-2)11-7-9-12(14)10-8-11/h7-10,13,15H,3-6H2,1-2H3. The largest absolute Gasteiger partial charge is 0.313 e. The summed E-state index contributed by atoms with van der Waals surface area (Å²) in [4.78, 5) is 0. The SMILES string of the molecule is CCCCCC(NC)c1ccc(I)cc1. The molecule has 0 saturated heterocycles. The molecule has 1 N–H and O–H groups in total. The van der Waals surface area contributed by atoms with Crippen molar-refractivity contribution in [2.75, 3.05) is 7.05 Å². The van der Waals surface area contributed by atoms with Gasteiger partial charge in [-0.25, -0.2) is 0 Å². The smallest absolute Gasteiger partial charge is 0.0317 e. The van der Waals surface area contributed by atoms with E-state index in [9.17, 15) is 0 Å². The fourth-order valence-electron chi connectivity index (χ4n) is 1.77. The van der Waals surface area contributed by atoms with Gasteiger partial charge in [0, 0.05) is 9.61 Å². The highest BCUT2D eigenvalue weighted by Gasteiger charge is 2.07. The molecule has 0 aliphatic heterocycles. The lowest BCUT2D eigenvalue weighted by atomic mass is 10.0. The van der Waals surface area contributed by atoms with Crippen molar-refractivity contribution in [3.05, 3.63) is 33.4 Å². The minimum atomic E-state index is 0.522. The average Bonchev–Trinajstić information content (AvgIpc) is 2.26. The maximum absolute atomic E-state index is 3.39. The van der Waals surface area contributed by atoms with Gasteiger partial charge in [-0.3, -0.25) is 0 Å². The first kappa shape index (κ1) is 13.0. The second-order valence-corrected chi connectivity index (χ2v) is 5.13. The van der Waals surface area contributed by atoms with Crippen LogP contribution < -0.4 is 5.32 Å². The van der Waals surface area contributed by atoms with Crippen LogP contribution in [-0.4, -0.2) is 7.05 Å². The molecule has 1 atom stereocenters. The van der Waals surface area contributed by atoms with Gasteiger partial charge in [0.25, 0.3) is 0 Å². The molecule has 0 aromatic heterocycles. The van der Waals surface area contributed by atoms with Crippen LogP contribution in [0.1, 0.15) is 44.2 Å². The molecule has 0 heterocycles. The molecule has 15 heavy (non-hydrogen) atoms. The molecule has 1 rings (SSSR count). The predicted octanol–water partition coefficient (Wildman–Crippen LogP) is 4.13. The zero-order valence-corrected chi connectivity index (χ0v) is 11.8. The molecular weight excluding hydrogens is 297 g/mol. The van der Waals surface area contributed by atoms with E-state index in [-0.39, 0.29) is 0 Å². The Bertz CT molecular complexity index is 268. The molecule has 0 amide bonds. The van der Waals surface area contributed by atoms with Crippen molar-refractivity contribution in [3.63, 3.8) is 0 Å². The number of halogens is 1. The van der Waals surface area contributed by atoms with Gasteiger partial charge in [-0.05, 0) is 53.8 Å². The van der Waals surface area contributed by atoms with Crippen LogP contribution in [0.15, 0.2) is 24.3 Å². The lowest BCUT2D eigenvalue weighted by Gasteiger charge is -2.16. The van der Waals surface area contributed by atoms with Crippen molar-refractivity contribution in [3.8, 4) is 0 Å². The third kappa shape index (κ3) is 4.51. The summed E-state index contributed by atoms with van der Waals surface area (Å²) in [6, 6.07) is 9.35. The van der Waals surface area contributed by atoms with Crippen molar-refractivity contribution in [1.29, 1.82) is 0 Å². The van der Waals surface area contributed by atoms with Crippen LogP contribution >= 0.6 is 22.6 Å². The van der Waals surface area contributed by atoms with Crippen molar-refractivity contribution < 1.29 is 0 Å². The van der Waals surface area contributed by atoms with Gasteiger partial charge < -0.3 is 5.32 Å². The highest BCUT2D eigenvalue weighted by atomic mass is 127. The topological polar surface area (TPSA) is 12.0 Å². The molecule has 1 aromatic rings. The van der Waals surface area contributed by atoms with E-state index in [0.717, 1.165) is 0 Å². The molecule has 0 aliphatic carbocycles. The lowest BCUT2D eigenvalue weighted by Crippen LogP contribution is -2.16. The summed E-state index contributed by atoms with van der Waals surface area (Å²) < 4.78 is 1.31. The molecule has 0 saturated carbocycles. The van der Waals surface area contributed by atoms with Gasteiger partial charge in [0.2, 0.25) is 0 Å². The number of hydrogen-bond acceptors (Lipinski definition) is 1. The van der Waals surface area contributed by atoms with E-state index >= 15 is 0 Å². The Morgan fingerprint density at radius 2 is 1.87 bits per heavy atom. The van der Waals surface area contributed by atoms with Crippen LogP contribution in [0.2, 0.25) is 0 Å². The molecule has 2 heteroatoms. The van der Waals surface area contributed by atoms with Crippen molar-refractivity contribution in [2.24, 2.45) is 0 Å². The van der Waals surface area contributed by atoms with Crippen LogP contribution in [0.4, 0.5) is 0 Å². The van der Waals surface area contributed by atoms with Gasteiger partial charge >= 0.3 is 0 Å². The average molecular weight is 317 g/mol. The van der Waals surface area contributed by atoms with Gasteiger partial charge in [-0.15, -0.1) is 0 Å².